The summed E-state index contributed by atoms with van der Waals surface area (Å²) in [6, 6.07) is 13.7. The van der Waals surface area contributed by atoms with Gasteiger partial charge in [0.15, 0.2) is 11.7 Å². The van der Waals surface area contributed by atoms with Crippen molar-refractivity contribution >= 4 is 11.9 Å². The second kappa shape index (κ2) is 11.4. The van der Waals surface area contributed by atoms with E-state index in [0.717, 1.165) is 32.0 Å². The van der Waals surface area contributed by atoms with E-state index < -0.39 is 0 Å². The van der Waals surface area contributed by atoms with Gasteiger partial charge in [-0.05, 0) is 38.0 Å². The second-order valence-electron chi connectivity index (χ2n) is 7.27. The molecule has 1 aliphatic rings. The molecule has 1 N–H and O–H groups in total. The molecule has 30 heavy (non-hydrogen) atoms. The fourth-order valence-corrected chi connectivity index (χ4v) is 3.43. The Balaban J connectivity index is 1.42. The lowest BCUT2D eigenvalue weighted by Crippen LogP contribution is -2.53. The van der Waals surface area contributed by atoms with Crippen molar-refractivity contribution in [1.82, 2.24) is 15.1 Å². The predicted octanol–water partition coefficient (Wildman–Crippen LogP) is 3.17. The first-order valence-electron chi connectivity index (χ1n) is 10.7. The number of guanidine groups is 1. The average molecular weight is 413 g/mol. The topological polar surface area (TPSA) is 70.3 Å². The Labute approximate surface area is 178 Å². The van der Waals surface area contributed by atoms with Crippen LogP contribution in [-0.4, -0.2) is 67.5 Å². The Morgan fingerprint density at radius 2 is 1.87 bits per heavy atom. The molecule has 7 heteroatoms. The summed E-state index contributed by atoms with van der Waals surface area (Å²) in [6.07, 6.45) is 2.48. The molecule has 0 saturated carbocycles. The molecule has 162 valence electrons. The van der Waals surface area contributed by atoms with Gasteiger partial charge in [-0.25, -0.2) is 0 Å². The first-order valence-corrected chi connectivity index (χ1v) is 10.7. The highest BCUT2D eigenvalue weighted by molar-refractivity contribution is 5.91. The lowest BCUT2D eigenvalue weighted by Gasteiger charge is -2.36. The van der Waals surface area contributed by atoms with Crippen LogP contribution in [0.5, 0.6) is 0 Å². The first-order chi connectivity index (χ1) is 14.7. The number of aliphatic imine (C=N–C) groups is 1. The Kier molecular flexibility index (Phi) is 8.32. The summed E-state index contributed by atoms with van der Waals surface area (Å²) < 4.78 is 11.2. The van der Waals surface area contributed by atoms with Crippen molar-refractivity contribution in [3.05, 3.63) is 60.1 Å². The number of carbonyl (C=O) groups excluding carboxylic acids is 1. The minimum atomic E-state index is -0.0497. The van der Waals surface area contributed by atoms with E-state index in [4.69, 9.17) is 14.1 Å². The number of furan rings is 1. The van der Waals surface area contributed by atoms with Crippen molar-refractivity contribution < 1.29 is 13.9 Å². The number of ether oxygens (including phenoxy) is 1. The zero-order valence-corrected chi connectivity index (χ0v) is 17.9. The zero-order chi connectivity index (χ0) is 21.2. The lowest BCUT2D eigenvalue weighted by molar-refractivity contribution is 0.0644. The van der Waals surface area contributed by atoms with Crippen molar-refractivity contribution in [3.63, 3.8) is 0 Å². The third-order valence-corrected chi connectivity index (χ3v) is 5.13. The van der Waals surface area contributed by atoms with E-state index >= 15 is 0 Å². The summed E-state index contributed by atoms with van der Waals surface area (Å²) in [5.74, 6) is 1.25. The van der Waals surface area contributed by atoms with E-state index in [1.807, 2.05) is 23.1 Å². The summed E-state index contributed by atoms with van der Waals surface area (Å²) in [5, 5.41) is 3.36. The van der Waals surface area contributed by atoms with Gasteiger partial charge in [0.2, 0.25) is 0 Å². The summed E-state index contributed by atoms with van der Waals surface area (Å²) in [7, 11) is 0. The van der Waals surface area contributed by atoms with E-state index in [-0.39, 0.29) is 12.0 Å². The standard InChI is InChI=1S/C23H32N4O3/c1-3-24-23(25-12-8-18-29-19(2)20-9-5-4-6-10-20)27-15-13-26(14-16-27)22(28)21-11-7-17-30-21/h4-7,9-11,17,19H,3,8,12-16,18H2,1-2H3,(H,24,25). The number of benzene rings is 1. The van der Waals surface area contributed by atoms with Crippen LogP contribution in [0.4, 0.5) is 0 Å². The van der Waals surface area contributed by atoms with E-state index in [2.05, 4.69) is 36.2 Å². The third kappa shape index (κ3) is 6.10. The third-order valence-electron chi connectivity index (χ3n) is 5.13. The molecule has 1 aromatic heterocycles. The summed E-state index contributed by atoms with van der Waals surface area (Å²) in [5.41, 5.74) is 1.19. The molecule has 2 aromatic rings. The van der Waals surface area contributed by atoms with Crippen LogP contribution in [-0.2, 0) is 4.74 Å². The molecule has 0 spiro atoms. The largest absolute Gasteiger partial charge is 0.459 e. The molecule has 2 heterocycles. The Hall–Kier alpha value is -2.80. The van der Waals surface area contributed by atoms with Gasteiger partial charge in [0.1, 0.15) is 0 Å². The van der Waals surface area contributed by atoms with Crippen molar-refractivity contribution in [1.29, 1.82) is 0 Å². The van der Waals surface area contributed by atoms with Gasteiger partial charge in [0, 0.05) is 45.9 Å². The molecule has 0 bridgehead atoms. The van der Waals surface area contributed by atoms with Crippen LogP contribution in [0.1, 0.15) is 42.5 Å². The molecule has 1 fully saturated rings. The quantitative estimate of drug-likeness (QED) is 0.410. The predicted molar refractivity (Wildman–Crippen MR) is 118 cm³/mol. The lowest BCUT2D eigenvalue weighted by atomic mass is 10.1. The van der Waals surface area contributed by atoms with Crippen molar-refractivity contribution in [2.24, 2.45) is 4.99 Å². The van der Waals surface area contributed by atoms with Gasteiger partial charge in [-0.1, -0.05) is 30.3 Å². The van der Waals surface area contributed by atoms with Gasteiger partial charge in [-0.15, -0.1) is 0 Å². The van der Waals surface area contributed by atoms with E-state index in [1.54, 1.807) is 12.1 Å². The molecule has 0 radical (unpaired) electrons. The van der Waals surface area contributed by atoms with Gasteiger partial charge in [-0.3, -0.25) is 9.79 Å². The molecule has 7 nitrogen and oxygen atoms in total. The number of nitrogens with zero attached hydrogens (tertiary/aromatic N) is 3. The van der Waals surface area contributed by atoms with Crippen molar-refractivity contribution in [2.75, 3.05) is 45.9 Å². The molecule has 1 aromatic carbocycles. The molecule has 1 saturated heterocycles. The summed E-state index contributed by atoms with van der Waals surface area (Å²) >= 11 is 0. The molecular weight excluding hydrogens is 380 g/mol. The van der Waals surface area contributed by atoms with Gasteiger partial charge in [-0.2, -0.15) is 0 Å². The van der Waals surface area contributed by atoms with Crippen LogP contribution >= 0.6 is 0 Å². The van der Waals surface area contributed by atoms with Crippen LogP contribution in [0, 0.1) is 0 Å². The summed E-state index contributed by atoms with van der Waals surface area (Å²) in [6.45, 7) is 9.14. The number of rotatable bonds is 8. The van der Waals surface area contributed by atoms with Gasteiger partial charge >= 0.3 is 0 Å². The number of nitrogens with one attached hydrogen (secondary N) is 1. The smallest absolute Gasteiger partial charge is 0.289 e. The summed E-state index contributed by atoms with van der Waals surface area (Å²) in [4.78, 5) is 21.2. The fourth-order valence-electron chi connectivity index (χ4n) is 3.43. The SMILES string of the molecule is CCNC(=NCCCOC(C)c1ccccc1)N1CCN(C(=O)c2ccco2)CC1. The van der Waals surface area contributed by atoms with E-state index in [1.165, 1.54) is 11.8 Å². The molecule has 3 rings (SSSR count). The Morgan fingerprint density at radius 1 is 1.13 bits per heavy atom. The minimum absolute atomic E-state index is 0.0497. The van der Waals surface area contributed by atoms with Crippen LogP contribution in [0.15, 0.2) is 58.1 Å². The van der Waals surface area contributed by atoms with E-state index in [9.17, 15) is 4.79 Å². The maximum Gasteiger partial charge on any atom is 0.289 e. The normalized spacial score (nSPS) is 15.9. The molecule has 1 atom stereocenters. The number of piperazine rings is 1. The highest BCUT2D eigenvalue weighted by Gasteiger charge is 2.25. The van der Waals surface area contributed by atoms with Crippen LogP contribution in [0.2, 0.25) is 0 Å². The fraction of sp³-hybridized carbons (Fsp3) is 0.478. The van der Waals surface area contributed by atoms with Gasteiger partial charge in [0.05, 0.1) is 12.4 Å². The maximum absolute atomic E-state index is 12.4. The zero-order valence-electron chi connectivity index (χ0n) is 17.9. The van der Waals surface area contributed by atoms with E-state index in [0.29, 0.717) is 32.0 Å². The van der Waals surface area contributed by atoms with Crippen LogP contribution in [0.3, 0.4) is 0 Å². The number of amides is 1. The number of carbonyl (C=O) groups is 1. The second-order valence-corrected chi connectivity index (χ2v) is 7.27. The average Bonchev–Trinajstić information content (AvgIpc) is 3.33. The Bertz CT molecular complexity index is 784. The Morgan fingerprint density at radius 3 is 2.53 bits per heavy atom. The minimum Gasteiger partial charge on any atom is -0.459 e. The number of hydrogen-bond acceptors (Lipinski definition) is 4. The molecular formula is C23H32N4O3. The molecule has 1 amide bonds. The van der Waals surface area contributed by atoms with Gasteiger partial charge < -0.3 is 24.3 Å². The molecule has 1 aliphatic heterocycles. The van der Waals surface area contributed by atoms with Crippen LogP contribution < -0.4 is 5.32 Å². The van der Waals surface area contributed by atoms with Crippen molar-refractivity contribution in [3.8, 4) is 0 Å². The highest BCUT2D eigenvalue weighted by atomic mass is 16.5. The van der Waals surface area contributed by atoms with Crippen molar-refractivity contribution in [2.45, 2.75) is 26.4 Å². The molecule has 1 unspecified atom stereocenters. The maximum atomic E-state index is 12.4. The molecule has 0 aliphatic carbocycles. The first kappa shape index (κ1) is 21.9. The van der Waals surface area contributed by atoms with Gasteiger partial charge in [0.25, 0.3) is 5.91 Å². The highest BCUT2D eigenvalue weighted by Crippen LogP contribution is 2.16. The van der Waals surface area contributed by atoms with Crippen LogP contribution in [0.25, 0.3) is 0 Å². The number of hydrogen-bond donors (Lipinski definition) is 1. The monoisotopic (exact) mass is 412 g/mol.